The highest BCUT2D eigenvalue weighted by atomic mass is 16.5. The van der Waals surface area contributed by atoms with E-state index in [1.54, 1.807) is 28.4 Å². The van der Waals surface area contributed by atoms with Gasteiger partial charge in [0.2, 0.25) is 11.5 Å². The van der Waals surface area contributed by atoms with Crippen molar-refractivity contribution in [2.24, 2.45) is 0 Å². The Morgan fingerprint density at radius 2 is 1.43 bits per heavy atom. The van der Waals surface area contributed by atoms with Gasteiger partial charge in [-0.25, -0.2) is 0 Å². The van der Waals surface area contributed by atoms with Crippen molar-refractivity contribution in [3.8, 4) is 23.0 Å². The molecule has 5 heteroatoms. The lowest BCUT2D eigenvalue weighted by Crippen LogP contribution is -2.04. The molecular weight excluding hydrogens is 296 g/mol. The average Bonchev–Trinajstić information content (AvgIpc) is 2.57. The zero-order chi connectivity index (χ0) is 17.4. The van der Waals surface area contributed by atoms with Crippen LogP contribution in [0.3, 0.4) is 0 Å². The van der Waals surface area contributed by atoms with Crippen molar-refractivity contribution in [1.82, 2.24) is 0 Å². The molecule has 0 amide bonds. The monoisotopic (exact) mass is 322 g/mol. The zero-order valence-electron chi connectivity index (χ0n) is 14.8. The first-order valence-electron chi connectivity index (χ1n) is 7.50. The minimum absolute atomic E-state index is 0.520. The molecule has 5 nitrogen and oxygen atoms in total. The molecule has 0 aromatic heterocycles. The van der Waals surface area contributed by atoms with Gasteiger partial charge in [-0.05, 0) is 26.7 Å². The first kappa shape index (κ1) is 18.9. The molecule has 0 spiro atoms. The second-order valence-corrected chi connectivity index (χ2v) is 5.20. The van der Waals surface area contributed by atoms with E-state index < -0.39 is 0 Å². The van der Waals surface area contributed by atoms with Crippen LogP contribution in [0.2, 0.25) is 0 Å². The lowest BCUT2D eigenvalue weighted by atomic mass is 9.99. The van der Waals surface area contributed by atoms with E-state index in [9.17, 15) is 4.79 Å². The van der Waals surface area contributed by atoms with Gasteiger partial charge in [-0.3, -0.25) is 0 Å². The van der Waals surface area contributed by atoms with Crippen molar-refractivity contribution in [2.45, 2.75) is 33.1 Å². The Morgan fingerprint density at radius 1 is 0.913 bits per heavy atom. The van der Waals surface area contributed by atoms with Crippen LogP contribution in [0.25, 0.3) is 0 Å². The van der Waals surface area contributed by atoms with Gasteiger partial charge in [0.05, 0.1) is 28.4 Å². The zero-order valence-corrected chi connectivity index (χ0v) is 14.8. The fourth-order valence-electron chi connectivity index (χ4n) is 2.56. The molecule has 0 radical (unpaired) electrons. The SMILES string of the molecule is COc1c(C)c(C/C=C(\C)CCC=O)c(OC)c(OC)c1OC. The van der Waals surface area contributed by atoms with Crippen LogP contribution >= 0.6 is 0 Å². The number of hydrogen-bond donors (Lipinski definition) is 0. The molecule has 0 bridgehead atoms. The van der Waals surface area contributed by atoms with Gasteiger partial charge < -0.3 is 23.7 Å². The maximum atomic E-state index is 10.5. The van der Waals surface area contributed by atoms with Gasteiger partial charge in [0.1, 0.15) is 6.29 Å². The normalized spacial score (nSPS) is 11.1. The van der Waals surface area contributed by atoms with Gasteiger partial charge >= 0.3 is 0 Å². The molecule has 1 aromatic carbocycles. The smallest absolute Gasteiger partial charge is 0.207 e. The summed E-state index contributed by atoms with van der Waals surface area (Å²) in [6.07, 6.45) is 4.99. The number of aldehydes is 1. The Bertz CT molecular complexity index is 576. The van der Waals surface area contributed by atoms with Crippen molar-refractivity contribution >= 4 is 6.29 Å². The average molecular weight is 322 g/mol. The second-order valence-electron chi connectivity index (χ2n) is 5.20. The first-order chi connectivity index (χ1) is 11.0. The van der Waals surface area contributed by atoms with E-state index in [2.05, 4.69) is 6.08 Å². The molecule has 0 unspecified atom stereocenters. The summed E-state index contributed by atoms with van der Waals surface area (Å²) in [6, 6.07) is 0. The molecule has 128 valence electrons. The minimum Gasteiger partial charge on any atom is -0.492 e. The summed E-state index contributed by atoms with van der Waals surface area (Å²) in [4.78, 5) is 10.5. The van der Waals surface area contributed by atoms with Crippen LogP contribution in [0.15, 0.2) is 11.6 Å². The van der Waals surface area contributed by atoms with Gasteiger partial charge in [-0.2, -0.15) is 0 Å². The molecule has 1 aromatic rings. The highest BCUT2D eigenvalue weighted by Crippen LogP contribution is 2.49. The Labute approximate surface area is 138 Å². The van der Waals surface area contributed by atoms with Crippen LogP contribution in [0.5, 0.6) is 23.0 Å². The molecule has 0 N–H and O–H groups in total. The molecule has 0 atom stereocenters. The predicted molar refractivity (Wildman–Crippen MR) is 90.1 cm³/mol. The summed E-state index contributed by atoms with van der Waals surface area (Å²) in [5.74, 6) is 2.32. The van der Waals surface area contributed by atoms with E-state index in [4.69, 9.17) is 18.9 Å². The quantitative estimate of drug-likeness (QED) is 0.514. The number of methoxy groups -OCH3 is 4. The Balaban J connectivity index is 3.37. The molecule has 0 heterocycles. The minimum atomic E-state index is 0.520. The first-order valence-corrected chi connectivity index (χ1v) is 7.50. The molecule has 0 aliphatic rings. The maximum absolute atomic E-state index is 10.5. The Hall–Kier alpha value is -2.17. The van der Waals surface area contributed by atoms with Crippen molar-refractivity contribution in [1.29, 1.82) is 0 Å². The Morgan fingerprint density at radius 3 is 1.91 bits per heavy atom. The summed E-state index contributed by atoms with van der Waals surface area (Å²) in [5.41, 5.74) is 3.08. The third-order valence-electron chi connectivity index (χ3n) is 3.81. The lowest BCUT2D eigenvalue weighted by molar-refractivity contribution is -0.107. The van der Waals surface area contributed by atoms with Gasteiger partial charge in [0, 0.05) is 17.5 Å². The summed E-state index contributed by atoms with van der Waals surface area (Å²) >= 11 is 0. The van der Waals surface area contributed by atoms with E-state index in [-0.39, 0.29) is 0 Å². The van der Waals surface area contributed by atoms with Crippen LogP contribution in [0, 0.1) is 6.92 Å². The molecule has 1 rings (SSSR count). The fourth-order valence-corrected chi connectivity index (χ4v) is 2.56. The molecular formula is C18H26O5. The number of benzene rings is 1. The lowest BCUT2D eigenvalue weighted by Gasteiger charge is -2.21. The van der Waals surface area contributed by atoms with E-state index in [1.807, 2.05) is 13.8 Å². The van der Waals surface area contributed by atoms with Gasteiger partial charge in [-0.15, -0.1) is 0 Å². The van der Waals surface area contributed by atoms with Crippen LogP contribution in [0.1, 0.15) is 30.9 Å². The maximum Gasteiger partial charge on any atom is 0.207 e. The molecule has 23 heavy (non-hydrogen) atoms. The summed E-state index contributed by atoms with van der Waals surface area (Å²) in [5, 5.41) is 0. The van der Waals surface area contributed by atoms with E-state index in [0.717, 1.165) is 29.4 Å². The van der Waals surface area contributed by atoms with Gasteiger partial charge in [-0.1, -0.05) is 11.6 Å². The van der Waals surface area contributed by atoms with Crippen molar-refractivity contribution in [2.75, 3.05) is 28.4 Å². The number of carbonyl (C=O) groups is 1. The summed E-state index contributed by atoms with van der Waals surface area (Å²) < 4.78 is 22.0. The topological polar surface area (TPSA) is 54.0 Å². The largest absolute Gasteiger partial charge is 0.492 e. The molecule has 0 saturated heterocycles. The highest BCUT2D eigenvalue weighted by Gasteiger charge is 2.24. The van der Waals surface area contributed by atoms with Gasteiger partial charge in [0.15, 0.2) is 11.5 Å². The molecule has 0 aliphatic carbocycles. The molecule has 0 fully saturated rings. The summed E-state index contributed by atoms with van der Waals surface area (Å²) in [7, 11) is 6.36. The number of ether oxygens (including phenoxy) is 4. The number of allylic oxidation sites excluding steroid dienone is 2. The van der Waals surface area contributed by atoms with Crippen LogP contribution < -0.4 is 18.9 Å². The highest BCUT2D eigenvalue weighted by molar-refractivity contribution is 5.67. The van der Waals surface area contributed by atoms with E-state index in [0.29, 0.717) is 35.8 Å². The van der Waals surface area contributed by atoms with Crippen molar-refractivity contribution in [3.63, 3.8) is 0 Å². The molecule has 0 aliphatic heterocycles. The van der Waals surface area contributed by atoms with Crippen LogP contribution in [-0.2, 0) is 11.2 Å². The number of rotatable bonds is 9. The summed E-state index contributed by atoms with van der Waals surface area (Å²) in [6.45, 7) is 3.98. The standard InChI is InChI=1S/C18H26O5/c1-12(8-7-11-19)9-10-14-13(2)15(20-3)17(22-5)18(23-6)16(14)21-4/h9,11H,7-8,10H2,1-6H3/b12-9+. The van der Waals surface area contributed by atoms with Crippen molar-refractivity contribution in [3.05, 3.63) is 22.8 Å². The van der Waals surface area contributed by atoms with Crippen LogP contribution in [-0.4, -0.2) is 34.7 Å². The third-order valence-corrected chi connectivity index (χ3v) is 3.81. The number of hydrogen-bond acceptors (Lipinski definition) is 5. The predicted octanol–water partition coefficient (Wildman–Crippen LogP) is 3.50. The third kappa shape index (κ3) is 4.18. The fraction of sp³-hybridized carbons (Fsp3) is 0.500. The van der Waals surface area contributed by atoms with Crippen molar-refractivity contribution < 1.29 is 23.7 Å². The van der Waals surface area contributed by atoms with Gasteiger partial charge in [0.25, 0.3) is 0 Å². The second kappa shape index (κ2) is 9.08. The number of carbonyl (C=O) groups excluding carboxylic acids is 1. The van der Waals surface area contributed by atoms with Crippen LogP contribution in [0.4, 0.5) is 0 Å². The van der Waals surface area contributed by atoms with E-state index in [1.165, 1.54) is 0 Å². The van der Waals surface area contributed by atoms with E-state index >= 15 is 0 Å². The Kier molecular flexibility index (Phi) is 7.45. The molecule has 0 saturated carbocycles.